The molecule has 17 heavy (non-hydrogen) atoms. The molecule has 0 aliphatic rings. The van der Waals surface area contributed by atoms with E-state index in [1.54, 1.807) is 6.07 Å². The van der Waals surface area contributed by atoms with Gasteiger partial charge in [-0.05, 0) is 24.3 Å². The topological polar surface area (TPSA) is 13.1 Å². The second-order valence-corrected chi connectivity index (χ2v) is 4.55. The van der Waals surface area contributed by atoms with Gasteiger partial charge in [-0.15, -0.1) is 0 Å². The molecule has 83 valence electrons. The van der Waals surface area contributed by atoms with Gasteiger partial charge in [0, 0.05) is 16.0 Å². The number of benzene rings is 2. The summed E-state index contributed by atoms with van der Waals surface area (Å²) in [7, 11) is 0. The predicted molar refractivity (Wildman–Crippen MR) is 70.5 cm³/mol. The Morgan fingerprint density at radius 1 is 1.00 bits per heavy atom. The minimum Gasteiger partial charge on any atom is -0.455 e. The highest BCUT2D eigenvalue weighted by Gasteiger charge is 2.09. The molecule has 0 aliphatic heterocycles. The summed E-state index contributed by atoms with van der Waals surface area (Å²) in [5.41, 5.74) is 1.66. The van der Waals surface area contributed by atoms with Crippen molar-refractivity contribution in [3.8, 4) is 11.3 Å². The summed E-state index contributed by atoms with van der Waals surface area (Å²) in [5.74, 6) is 0.776. The number of hydrogen-bond acceptors (Lipinski definition) is 1. The van der Waals surface area contributed by atoms with E-state index in [0.717, 1.165) is 16.7 Å². The van der Waals surface area contributed by atoms with Crippen LogP contribution in [0.3, 0.4) is 0 Å². The lowest BCUT2D eigenvalue weighted by Crippen LogP contribution is -1.69. The van der Waals surface area contributed by atoms with Crippen LogP contribution in [0.4, 0.5) is 0 Å². The molecule has 0 saturated heterocycles. The van der Waals surface area contributed by atoms with Gasteiger partial charge in [0.1, 0.15) is 5.76 Å². The van der Waals surface area contributed by atoms with Crippen molar-refractivity contribution >= 4 is 34.2 Å². The first-order valence-electron chi connectivity index (χ1n) is 5.09. The van der Waals surface area contributed by atoms with Gasteiger partial charge in [-0.1, -0.05) is 47.5 Å². The van der Waals surface area contributed by atoms with E-state index in [-0.39, 0.29) is 0 Å². The average Bonchev–Trinajstić information content (AvgIpc) is 2.74. The molecule has 0 fully saturated rings. The molecule has 3 heteroatoms. The van der Waals surface area contributed by atoms with Gasteiger partial charge in [0.05, 0.1) is 5.02 Å². The maximum atomic E-state index is 6.08. The highest BCUT2D eigenvalue weighted by Crippen LogP contribution is 2.34. The Morgan fingerprint density at radius 2 is 1.76 bits per heavy atom. The summed E-state index contributed by atoms with van der Waals surface area (Å²) in [6.45, 7) is 0. The summed E-state index contributed by atoms with van der Waals surface area (Å²) in [4.78, 5) is 0. The van der Waals surface area contributed by atoms with Gasteiger partial charge in [0.15, 0.2) is 5.58 Å². The molecule has 1 nitrogen and oxygen atoms in total. The number of fused-ring (bicyclic) bond motifs is 1. The predicted octanol–water partition coefficient (Wildman–Crippen LogP) is 5.21. The molecule has 3 rings (SSSR count). The fourth-order valence-corrected chi connectivity index (χ4v) is 2.32. The van der Waals surface area contributed by atoms with Crippen LogP contribution in [0.1, 0.15) is 0 Å². The van der Waals surface area contributed by atoms with E-state index in [1.165, 1.54) is 0 Å². The summed E-state index contributed by atoms with van der Waals surface area (Å²) in [6, 6.07) is 16.0. The van der Waals surface area contributed by atoms with E-state index in [9.17, 15) is 0 Å². The van der Waals surface area contributed by atoms with E-state index in [0.29, 0.717) is 15.6 Å². The standard InChI is InChI=1S/C14H7Cl2O/c15-11-6-10-7-13(9-4-2-1-3-5-9)17-14(10)12(16)8-11/h2-8H. The molecule has 0 N–H and O–H groups in total. The Morgan fingerprint density at radius 3 is 2.53 bits per heavy atom. The van der Waals surface area contributed by atoms with Gasteiger partial charge < -0.3 is 4.42 Å². The van der Waals surface area contributed by atoms with Gasteiger partial charge in [-0.2, -0.15) is 0 Å². The number of halogens is 2. The van der Waals surface area contributed by atoms with Crippen molar-refractivity contribution in [2.75, 3.05) is 0 Å². The largest absolute Gasteiger partial charge is 0.455 e. The zero-order valence-electron chi connectivity index (χ0n) is 8.71. The first-order chi connectivity index (χ1) is 8.24. The Bertz CT molecular complexity index is 671. The van der Waals surface area contributed by atoms with Crippen LogP contribution < -0.4 is 0 Å². The minimum absolute atomic E-state index is 0.529. The molecule has 0 atom stereocenters. The highest BCUT2D eigenvalue weighted by atomic mass is 35.5. The van der Waals surface area contributed by atoms with Crippen molar-refractivity contribution in [1.29, 1.82) is 0 Å². The lowest BCUT2D eigenvalue weighted by Gasteiger charge is -1.94. The van der Waals surface area contributed by atoms with Crippen LogP contribution in [0.15, 0.2) is 46.9 Å². The van der Waals surface area contributed by atoms with Gasteiger partial charge in [0.25, 0.3) is 0 Å². The van der Waals surface area contributed by atoms with Crippen LogP contribution >= 0.6 is 23.2 Å². The van der Waals surface area contributed by atoms with E-state index < -0.39 is 0 Å². The van der Waals surface area contributed by atoms with Crippen molar-refractivity contribution in [3.05, 3.63) is 58.6 Å². The summed E-state index contributed by atoms with van der Waals surface area (Å²) in [5, 5.41) is 2.04. The van der Waals surface area contributed by atoms with Crippen LogP contribution in [-0.4, -0.2) is 0 Å². The van der Waals surface area contributed by atoms with Crippen LogP contribution in [0, 0.1) is 6.07 Å². The lowest BCUT2D eigenvalue weighted by atomic mass is 10.1. The molecule has 0 saturated carbocycles. The number of rotatable bonds is 1. The molecule has 1 heterocycles. The van der Waals surface area contributed by atoms with Crippen molar-refractivity contribution in [2.24, 2.45) is 0 Å². The third-order valence-corrected chi connectivity index (χ3v) is 3.04. The van der Waals surface area contributed by atoms with Crippen molar-refractivity contribution in [3.63, 3.8) is 0 Å². The van der Waals surface area contributed by atoms with Gasteiger partial charge in [-0.3, -0.25) is 0 Å². The monoisotopic (exact) mass is 261 g/mol. The normalized spacial score (nSPS) is 10.9. The minimum atomic E-state index is 0.529. The molecule has 0 spiro atoms. The third-order valence-electron chi connectivity index (χ3n) is 2.54. The Labute approximate surface area is 109 Å². The molecule has 1 radical (unpaired) electrons. The second-order valence-electron chi connectivity index (χ2n) is 3.71. The first-order valence-corrected chi connectivity index (χ1v) is 5.85. The van der Waals surface area contributed by atoms with E-state index in [4.69, 9.17) is 27.6 Å². The lowest BCUT2D eigenvalue weighted by molar-refractivity contribution is 0.631. The van der Waals surface area contributed by atoms with Crippen LogP contribution in [0.2, 0.25) is 10.0 Å². The second kappa shape index (κ2) is 4.10. The summed E-state index contributed by atoms with van der Waals surface area (Å²) >= 11 is 12.0. The number of furan rings is 1. The fraction of sp³-hybridized carbons (Fsp3) is 0. The Balaban J connectivity index is 2.24. The van der Waals surface area contributed by atoms with Gasteiger partial charge >= 0.3 is 0 Å². The average molecular weight is 262 g/mol. The fourth-order valence-electron chi connectivity index (χ4n) is 1.77. The van der Waals surface area contributed by atoms with Crippen molar-refractivity contribution in [1.82, 2.24) is 0 Å². The molecule has 0 bridgehead atoms. The molecule has 3 aromatic rings. The summed E-state index contributed by atoms with van der Waals surface area (Å²) in [6.07, 6.45) is 0. The molecule has 1 aromatic heterocycles. The Hall–Kier alpha value is -1.44. The van der Waals surface area contributed by atoms with E-state index in [2.05, 4.69) is 6.07 Å². The van der Waals surface area contributed by atoms with Crippen LogP contribution in [-0.2, 0) is 0 Å². The molecular weight excluding hydrogens is 255 g/mol. The number of hydrogen-bond donors (Lipinski definition) is 0. The SMILES string of the molecule is Clc1cc(Cl)c2oc(-c3cc[c]cc3)cc2c1. The summed E-state index contributed by atoms with van der Waals surface area (Å²) < 4.78 is 5.74. The van der Waals surface area contributed by atoms with Crippen LogP contribution in [0.25, 0.3) is 22.3 Å². The van der Waals surface area contributed by atoms with E-state index >= 15 is 0 Å². The molecule has 0 amide bonds. The third kappa shape index (κ3) is 1.92. The van der Waals surface area contributed by atoms with Crippen molar-refractivity contribution in [2.45, 2.75) is 0 Å². The zero-order valence-corrected chi connectivity index (χ0v) is 10.2. The molecule has 2 aromatic carbocycles. The van der Waals surface area contributed by atoms with E-state index in [1.807, 2.05) is 36.4 Å². The molecular formula is C14H7Cl2O. The van der Waals surface area contributed by atoms with Gasteiger partial charge in [0.2, 0.25) is 0 Å². The quantitative estimate of drug-likeness (QED) is 0.587. The molecule has 0 unspecified atom stereocenters. The Kier molecular flexibility index (Phi) is 2.58. The smallest absolute Gasteiger partial charge is 0.153 e. The highest BCUT2D eigenvalue weighted by molar-refractivity contribution is 6.38. The van der Waals surface area contributed by atoms with Gasteiger partial charge in [-0.25, -0.2) is 0 Å². The molecule has 0 aliphatic carbocycles. The zero-order chi connectivity index (χ0) is 11.8. The maximum absolute atomic E-state index is 6.08. The van der Waals surface area contributed by atoms with Crippen molar-refractivity contribution < 1.29 is 4.42 Å². The maximum Gasteiger partial charge on any atom is 0.153 e. The first kappa shape index (κ1) is 10.7. The van der Waals surface area contributed by atoms with Crippen LogP contribution in [0.5, 0.6) is 0 Å².